The number of nitrogens with zero attached hydrogens (tertiary/aromatic N) is 2. The van der Waals surface area contributed by atoms with Crippen molar-refractivity contribution in [1.29, 1.82) is 0 Å². The van der Waals surface area contributed by atoms with E-state index >= 15 is 0 Å². The second-order valence-corrected chi connectivity index (χ2v) is 10.7. The van der Waals surface area contributed by atoms with Gasteiger partial charge in [-0.15, -0.1) is 11.3 Å². The van der Waals surface area contributed by atoms with Crippen LogP contribution in [0, 0.1) is 6.92 Å². The summed E-state index contributed by atoms with van der Waals surface area (Å²) in [6.45, 7) is 1.75. The first-order valence-corrected chi connectivity index (χ1v) is 12.1. The lowest BCUT2D eigenvalue weighted by Gasteiger charge is -2.17. The number of halogens is 2. The Kier molecular flexibility index (Phi) is 5.95. The number of hydrazone groups is 1. The summed E-state index contributed by atoms with van der Waals surface area (Å²) in [5.74, 6) is -0.865. The maximum absolute atomic E-state index is 12.8. The molecule has 0 spiro atoms. The van der Waals surface area contributed by atoms with Gasteiger partial charge in [0.15, 0.2) is 0 Å². The minimum absolute atomic E-state index is 0.0436. The van der Waals surface area contributed by atoms with Crippen LogP contribution in [0.15, 0.2) is 57.8 Å². The van der Waals surface area contributed by atoms with Gasteiger partial charge in [-0.05, 0) is 61.0 Å². The molecule has 32 heavy (non-hydrogen) atoms. The fraction of sp³-hybridized carbons (Fsp3) is 0.0500. The lowest BCUT2D eigenvalue weighted by Crippen LogP contribution is -2.30. The van der Waals surface area contributed by atoms with E-state index in [1.54, 1.807) is 31.2 Å². The van der Waals surface area contributed by atoms with E-state index < -0.39 is 21.8 Å². The van der Waals surface area contributed by atoms with Crippen LogP contribution >= 0.6 is 34.5 Å². The van der Waals surface area contributed by atoms with Gasteiger partial charge in [0, 0.05) is 10.7 Å². The first-order valence-electron chi connectivity index (χ1n) is 9.01. The molecule has 0 bridgehead atoms. The predicted octanol–water partition coefficient (Wildman–Crippen LogP) is 4.50. The molecule has 2 heterocycles. The Morgan fingerprint density at radius 2 is 1.75 bits per heavy atom. The highest BCUT2D eigenvalue weighted by atomic mass is 35.5. The Morgan fingerprint density at radius 3 is 2.44 bits per heavy atom. The number of nitrogens with one attached hydrogen (secondary N) is 2. The molecular formula is C20H14Cl2N4O4S2. The Bertz CT molecular complexity index is 1390. The minimum atomic E-state index is -3.81. The third-order valence-electron chi connectivity index (χ3n) is 4.57. The lowest BCUT2D eigenvalue weighted by atomic mass is 10.1. The molecular weight excluding hydrogens is 495 g/mol. The fourth-order valence-corrected chi connectivity index (χ4v) is 5.55. The largest absolute Gasteiger partial charge is 0.345 e. The van der Waals surface area contributed by atoms with Gasteiger partial charge in [-0.2, -0.15) is 18.4 Å². The molecule has 0 aliphatic carbocycles. The van der Waals surface area contributed by atoms with Crippen LogP contribution in [0.25, 0.3) is 0 Å². The van der Waals surface area contributed by atoms with E-state index in [2.05, 4.69) is 15.2 Å². The van der Waals surface area contributed by atoms with Crippen molar-refractivity contribution in [2.45, 2.75) is 11.1 Å². The third kappa shape index (κ3) is 4.22. The van der Waals surface area contributed by atoms with Crippen LogP contribution in [-0.2, 0) is 10.0 Å². The van der Waals surface area contributed by atoms with Crippen LogP contribution < -0.4 is 15.0 Å². The molecule has 164 valence electrons. The second kappa shape index (κ2) is 8.55. The van der Waals surface area contributed by atoms with Crippen molar-refractivity contribution in [3.05, 3.63) is 74.6 Å². The summed E-state index contributed by atoms with van der Waals surface area (Å²) in [7, 11) is -3.81. The standard InChI is InChI=1S/C20H14Cl2N4O4S2/c1-11-8-13(23-10-24-25-32(29,30)18-7-6-17(22)31-18)3-5-16(11)26-19(27)14-4-2-12(21)9-15(14)20(26)28/h2-10,25H,1H3,(H,23,24). The number of hydrogen-bond acceptors (Lipinski definition) is 6. The number of imide groups is 1. The number of carbonyl (C=O) groups excluding carboxylic acids is 2. The van der Waals surface area contributed by atoms with E-state index in [-0.39, 0.29) is 9.77 Å². The zero-order valence-corrected chi connectivity index (χ0v) is 19.4. The molecule has 1 aliphatic rings. The minimum Gasteiger partial charge on any atom is -0.345 e. The zero-order valence-electron chi connectivity index (χ0n) is 16.3. The molecule has 0 saturated carbocycles. The highest BCUT2D eigenvalue weighted by Gasteiger charge is 2.37. The number of carbonyl (C=O) groups is 2. The average molecular weight is 509 g/mol. The third-order valence-corrected chi connectivity index (χ3v) is 7.75. The topological polar surface area (TPSA) is 108 Å². The van der Waals surface area contributed by atoms with E-state index in [4.69, 9.17) is 23.2 Å². The number of fused-ring (bicyclic) bond motifs is 1. The van der Waals surface area contributed by atoms with Crippen molar-refractivity contribution >= 4 is 74.1 Å². The van der Waals surface area contributed by atoms with Crippen LogP contribution in [0.3, 0.4) is 0 Å². The van der Waals surface area contributed by atoms with E-state index in [9.17, 15) is 18.0 Å². The SMILES string of the molecule is Cc1cc(NC=NNS(=O)(=O)c2ccc(Cl)s2)ccc1N1C(=O)c2ccc(Cl)cc2C1=O. The molecule has 12 heteroatoms. The van der Waals surface area contributed by atoms with Crippen LogP contribution in [-0.4, -0.2) is 26.6 Å². The Balaban J connectivity index is 1.47. The number of hydrogen-bond donors (Lipinski definition) is 2. The fourth-order valence-electron chi connectivity index (χ4n) is 3.12. The van der Waals surface area contributed by atoms with E-state index in [0.29, 0.717) is 31.9 Å². The first-order chi connectivity index (χ1) is 15.2. The monoisotopic (exact) mass is 508 g/mol. The number of anilines is 2. The van der Waals surface area contributed by atoms with Crippen molar-refractivity contribution in [2.75, 3.05) is 10.2 Å². The number of sulfonamides is 1. The summed E-state index contributed by atoms with van der Waals surface area (Å²) in [5, 5.41) is 6.88. The van der Waals surface area contributed by atoms with E-state index in [1.165, 1.54) is 30.6 Å². The molecule has 1 aromatic heterocycles. The van der Waals surface area contributed by atoms with Gasteiger partial charge in [-0.25, -0.2) is 4.90 Å². The zero-order chi connectivity index (χ0) is 23.0. The molecule has 2 aromatic carbocycles. The Labute approximate surface area is 197 Å². The van der Waals surface area contributed by atoms with E-state index in [1.807, 2.05) is 0 Å². The number of benzene rings is 2. The summed E-state index contributed by atoms with van der Waals surface area (Å²) < 4.78 is 24.6. The second-order valence-electron chi connectivity index (χ2n) is 6.69. The molecule has 2 amide bonds. The van der Waals surface area contributed by atoms with Crippen LogP contribution in [0.4, 0.5) is 11.4 Å². The van der Waals surface area contributed by atoms with Gasteiger partial charge in [0.2, 0.25) is 0 Å². The number of thiophene rings is 1. The quantitative estimate of drug-likeness (QED) is 0.220. The summed E-state index contributed by atoms with van der Waals surface area (Å²) in [6, 6.07) is 12.4. The maximum Gasteiger partial charge on any atom is 0.286 e. The van der Waals surface area contributed by atoms with E-state index in [0.717, 1.165) is 16.2 Å². The lowest BCUT2D eigenvalue weighted by molar-refractivity contribution is 0.0926. The number of aryl methyl sites for hydroxylation is 1. The first kappa shape index (κ1) is 22.3. The smallest absolute Gasteiger partial charge is 0.286 e. The molecule has 0 saturated heterocycles. The number of amides is 2. The Morgan fingerprint density at radius 1 is 1.00 bits per heavy atom. The summed E-state index contributed by atoms with van der Waals surface area (Å²) in [4.78, 5) is 28.7. The highest BCUT2D eigenvalue weighted by molar-refractivity contribution is 7.91. The Hall–Kier alpha value is -2.92. The molecule has 0 atom stereocenters. The van der Waals surface area contributed by atoms with Crippen LogP contribution in [0.1, 0.15) is 26.3 Å². The summed E-state index contributed by atoms with van der Waals surface area (Å²) >= 11 is 12.6. The summed E-state index contributed by atoms with van der Waals surface area (Å²) in [5.41, 5.74) is 2.22. The molecule has 1 aliphatic heterocycles. The van der Waals surface area contributed by atoms with Crippen LogP contribution in [0.2, 0.25) is 9.36 Å². The molecule has 2 N–H and O–H groups in total. The van der Waals surface area contributed by atoms with Gasteiger partial charge >= 0.3 is 0 Å². The van der Waals surface area contributed by atoms with Crippen molar-refractivity contribution < 1.29 is 18.0 Å². The molecule has 8 nitrogen and oxygen atoms in total. The summed E-state index contributed by atoms with van der Waals surface area (Å²) in [6.07, 6.45) is 1.17. The molecule has 3 aromatic rings. The maximum atomic E-state index is 12.8. The predicted molar refractivity (Wildman–Crippen MR) is 126 cm³/mol. The average Bonchev–Trinajstić information content (AvgIpc) is 3.28. The molecule has 0 fully saturated rings. The molecule has 0 unspecified atom stereocenters. The van der Waals surface area contributed by atoms with Crippen molar-refractivity contribution in [3.63, 3.8) is 0 Å². The van der Waals surface area contributed by atoms with Gasteiger partial charge in [0.25, 0.3) is 21.8 Å². The molecule has 4 rings (SSSR count). The van der Waals surface area contributed by atoms with Crippen molar-refractivity contribution in [3.8, 4) is 0 Å². The van der Waals surface area contributed by atoms with Gasteiger partial charge in [-0.3, -0.25) is 9.59 Å². The van der Waals surface area contributed by atoms with Crippen molar-refractivity contribution in [2.24, 2.45) is 5.10 Å². The molecule has 0 radical (unpaired) electrons. The van der Waals surface area contributed by atoms with Gasteiger partial charge in [0.1, 0.15) is 10.5 Å². The van der Waals surface area contributed by atoms with Gasteiger partial charge < -0.3 is 5.32 Å². The van der Waals surface area contributed by atoms with Crippen LogP contribution in [0.5, 0.6) is 0 Å². The van der Waals surface area contributed by atoms with Gasteiger partial charge in [-0.1, -0.05) is 23.2 Å². The number of rotatable bonds is 6. The van der Waals surface area contributed by atoms with Crippen molar-refractivity contribution in [1.82, 2.24) is 4.83 Å². The normalized spacial score (nSPS) is 13.7. The highest BCUT2D eigenvalue weighted by Crippen LogP contribution is 2.33. The van der Waals surface area contributed by atoms with Gasteiger partial charge in [0.05, 0.1) is 21.2 Å².